The largest absolute Gasteiger partial charge is 0.0622 e. The van der Waals surface area contributed by atoms with Gasteiger partial charge in [-0.2, -0.15) is 0 Å². The van der Waals surface area contributed by atoms with E-state index < -0.39 is 0 Å². The SMILES string of the molecule is Cc1cc(-c2ccc(-c3ccccc3)cc2)ccc1-c1ccccc1.Cc1cc(-c2ccccc2)ccc1-c1ccc(-c2ccccc2)cc1.Cc1ccc(-c2ccc(-c3ccc(-c4ccccc4)cc3)cc2)cc1.Cc1cccc(-c2ccc(-c3ccc(-c4ccccc4)cc3)cc2)c1.Cc1ccccc1-c1ccc(-c2ccc(-c3ccccc3)cc2)cc1.Cc1ccccc1-c1cccc(-c2ccc(-c3ccccc3)cc2)c1. The van der Waals surface area contributed by atoms with Gasteiger partial charge in [-0.15, -0.1) is 0 Å². The number of hydrogen-bond acceptors (Lipinski definition) is 0. The first kappa shape index (κ1) is 100.0. The van der Waals surface area contributed by atoms with E-state index in [9.17, 15) is 0 Å². The van der Waals surface area contributed by atoms with Crippen molar-refractivity contribution < 1.29 is 0 Å². The van der Waals surface area contributed by atoms with Gasteiger partial charge in [-0.3, -0.25) is 0 Å². The molecule has 0 saturated carbocycles. The average Bonchev–Trinajstić information content (AvgIpc) is 0.815. The van der Waals surface area contributed by atoms with Crippen molar-refractivity contribution >= 4 is 0 Å². The Labute approximate surface area is 887 Å². The van der Waals surface area contributed by atoms with Gasteiger partial charge in [0.15, 0.2) is 0 Å². The molecule has 150 heavy (non-hydrogen) atoms. The van der Waals surface area contributed by atoms with Gasteiger partial charge in [-0.25, -0.2) is 0 Å². The summed E-state index contributed by atoms with van der Waals surface area (Å²) in [4.78, 5) is 0. The molecule has 0 amide bonds. The zero-order valence-corrected chi connectivity index (χ0v) is 85.9. The number of hydrogen-bond donors (Lipinski definition) is 0. The highest BCUT2D eigenvalue weighted by Crippen LogP contribution is 2.39. The molecular weight excluding hydrogens is 1800 g/mol. The van der Waals surface area contributed by atoms with Crippen LogP contribution in [-0.2, 0) is 0 Å². The van der Waals surface area contributed by atoms with Crippen molar-refractivity contribution in [3.05, 3.63) is 652 Å². The molecule has 0 unspecified atom stereocenters. The molecule has 24 aromatic carbocycles. The Bertz CT molecular complexity index is 8390. The highest BCUT2D eigenvalue weighted by Gasteiger charge is 2.14. The standard InChI is InChI=1S/6C25H20/c1-19-18-24(16-17-25(19)23-10-6-3-7-11-23)22-14-12-21(13-15-22)20-8-4-2-5-9-20;1-19-18-24(21-10-6-3-7-11-21)16-17-25(19)23-14-12-22(13-15-23)20-8-4-2-5-9-20;1-19-8-5-6-13-25(19)24-12-7-11-23(18-24)22-16-14-21(15-17-22)20-9-3-2-4-10-20;1-19-7-5-6-10-25(19)24-17-15-23(16-18-24)22-13-11-21(12-14-22)20-8-3-2-4-9-20;1-19-6-5-9-25(18-19)24-16-14-23(15-17-24)22-12-10-21(11-13-22)20-7-3-2-4-8-20;1-19-7-9-21(10-8-19)23-15-17-25(18-16-23)24-13-11-22(12-14-24)20-5-3-2-4-6-20/h6*2-18H,1H3. The summed E-state index contributed by atoms with van der Waals surface area (Å²) in [5.41, 5.74) is 53.1. The second-order valence-corrected chi connectivity index (χ2v) is 38.1. The Morgan fingerprint density at radius 3 is 0.460 bits per heavy atom. The molecule has 0 spiro atoms. The van der Waals surface area contributed by atoms with E-state index >= 15 is 0 Å². The second kappa shape index (κ2) is 49.7. The van der Waals surface area contributed by atoms with Crippen molar-refractivity contribution in [3.63, 3.8) is 0 Å². The predicted molar refractivity (Wildman–Crippen MR) is 645 cm³/mol. The van der Waals surface area contributed by atoms with Gasteiger partial charge >= 0.3 is 0 Å². The monoisotopic (exact) mass is 1920 g/mol. The van der Waals surface area contributed by atoms with Crippen molar-refractivity contribution in [2.24, 2.45) is 0 Å². The summed E-state index contributed by atoms with van der Waals surface area (Å²) in [6.07, 6.45) is 0. The van der Waals surface area contributed by atoms with Gasteiger partial charge in [0.2, 0.25) is 0 Å². The van der Waals surface area contributed by atoms with Crippen LogP contribution in [0.4, 0.5) is 0 Å². The first-order chi connectivity index (χ1) is 73.8. The van der Waals surface area contributed by atoms with E-state index in [2.05, 4.69) is 642 Å². The van der Waals surface area contributed by atoms with Crippen LogP contribution in [0.5, 0.6) is 0 Å². The second-order valence-electron chi connectivity index (χ2n) is 38.1. The topological polar surface area (TPSA) is 0 Å². The first-order valence-electron chi connectivity index (χ1n) is 51.8. The van der Waals surface area contributed by atoms with Crippen LogP contribution < -0.4 is 0 Å². The van der Waals surface area contributed by atoms with Crippen LogP contribution in [0, 0.1) is 41.5 Å². The molecule has 0 N–H and O–H groups in total. The lowest BCUT2D eigenvalue weighted by molar-refractivity contribution is 1.45. The van der Waals surface area contributed by atoms with Gasteiger partial charge in [0, 0.05) is 0 Å². The maximum Gasteiger partial charge on any atom is -0.0154 e. The van der Waals surface area contributed by atoms with E-state index in [0.29, 0.717) is 0 Å². The third-order valence-electron chi connectivity index (χ3n) is 27.7. The molecule has 24 rings (SSSR count). The summed E-state index contributed by atoms with van der Waals surface area (Å²) in [5, 5.41) is 0. The molecule has 0 nitrogen and oxygen atoms in total. The van der Waals surface area contributed by atoms with Crippen molar-refractivity contribution in [1.29, 1.82) is 0 Å². The quantitative estimate of drug-likeness (QED) is 0.0803. The number of aryl methyl sites for hydroxylation is 6. The molecule has 0 fully saturated rings. The van der Waals surface area contributed by atoms with Crippen LogP contribution in [-0.4, -0.2) is 0 Å². The van der Waals surface area contributed by atoms with E-state index in [1.54, 1.807) is 0 Å². The molecule has 24 aromatic rings. The molecule has 0 atom stereocenters. The van der Waals surface area contributed by atoms with Crippen molar-refractivity contribution in [2.45, 2.75) is 41.5 Å². The van der Waals surface area contributed by atoms with Crippen molar-refractivity contribution in [2.75, 3.05) is 0 Å². The minimum atomic E-state index is 1.25. The fourth-order valence-corrected chi connectivity index (χ4v) is 19.3. The third-order valence-corrected chi connectivity index (χ3v) is 27.7. The molecule has 0 aliphatic carbocycles. The maximum atomic E-state index is 2.28. The Hall–Kier alpha value is -18.7. The van der Waals surface area contributed by atoms with Gasteiger partial charge in [-0.05, 0) is 270 Å². The Balaban J connectivity index is 0.000000113. The van der Waals surface area contributed by atoms with Gasteiger partial charge in [-0.1, -0.05) is 624 Å². The van der Waals surface area contributed by atoms with Crippen molar-refractivity contribution in [1.82, 2.24) is 0 Å². The Morgan fingerprint density at radius 2 is 0.220 bits per heavy atom. The van der Waals surface area contributed by atoms with Crippen molar-refractivity contribution in [3.8, 4) is 200 Å². The summed E-state index contributed by atoms with van der Waals surface area (Å²) in [7, 11) is 0. The summed E-state index contributed by atoms with van der Waals surface area (Å²) in [6.45, 7) is 12.9. The fraction of sp³-hybridized carbons (Fsp3) is 0.0400. The molecule has 0 saturated heterocycles. The molecular formula is C150H120. The molecule has 720 valence electrons. The van der Waals surface area contributed by atoms with Gasteiger partial charge < -0.3 is 0 Å². The minimum absolute atomic E-state index is 1.25. The molecule has 0 aliphatic rings. The van der Waals surface area contributed by atoms with E-state index in [-0.39, 0.29) is 0 Å². The lowest BCUT2D eigenvalue weighted by Crippen LogP contribution is -1.86. The minimum Gasteiger partial charge on any atom is -0.0622 e. The summed E-state index contributed by atoms with van der Waals surface area (Å²) in [6, 6.07) is 220. The lowest BCUT2D eigenvalue weighted by atomic mass is 9.94. The maximum absolute atomic E-state index is 2.28. The van der Waals surface area contributed by atoms with Crippen LogP contribution in [0.1, 0.15) is 33.4 Å². The van der Waals surface area contributed by atoms with Crippen LogP contribution in [0.2, 0.25) is 0 Å². The van der Waals surface area contributed by atoms with E-state index in [4.69, 9.17) is 0 Å². The van der Waals surface area contributed by atoms with Crippen LogP contribution in [0.25, 0.3) is 200 Å². The van der Waals surface area contributed by atoms with Gasteiger partial charge in [0.1, 0.15) is 0 Å². The summed E-state index contributed by atoms with van der Waals surface area (Å²) < 4.78 is 0. The molecule has 0 heteroatoms. The van der Waals surface area contributed by atoms with Crippen LogP contribution in [0.3, 0.4) is 0 Å². The zero-order valence-electron chi connectivity index (χ0n) is 85.9. The average molecular weight is 1920 g/mol. The summed E-state index contributed by atoms with van der Waals surface area (Å²) >= 11 is 0. The molecule has 0 aromatic heterocycles. The highest BCUT2D eigenvalue weighted by molar-refractivity contribution is 5.84. The van der Waals surface area contributed by atoms with Gasteiger partial charge in [0.25, 0.3) is 0 Å². The number of benzene rings is 24. The molecule has 0 radical (unpaired) electrons. The van der Waals surface area contributed by atoms with E-state index in [1.165, 1.54) is 234 Å². The van der Waals surface area contributed by atoms with Crippen LogP contribution in [0.15, 0.2) is 619 Å². The third kappa shape index (κ3) is 26.1. The molecule has 0 heterocycles. The normalized spacial score (nSPS) is 10.6. The predicted octanol–water partition coefficient (Wildman–Crippen LogP) is 42.0. The Kier molecular flexibility index (Phi) is 33.1. The van der Waals surface area contributed by atoms with E-state index in [1.807, 2.05) is 18.2 Å². The highest BCUT2D eigenvalue weighted by atomic mass is 14.2. The zero-order chi connectivity index (χ0) is 102. The fourth-order valence-electron chi connectivity index (χ4n) is 19.3. The first-order valence-corrected chi connectivity index (χ1v) is 51.8. The smallest absolute Gasteiger partial charge is 0.0154 e. The van der Waals surface area contributed by atoms with E-state index in [0.717, 1.165) is 0 Å². The summed E-state index contributed by atoms with van der Waals surface area (Å²) in [5.74, 6) is 0. The molecule has 0 bridgehead atoms. The molecule has 0 aliphatic heterocycles. The van der Waals surface area contributed by atoms with Gasteiger partial charge in [0.05, 0.1) is 0 Å². The Morgan fingerprint density at radius 1 is 0.0733 bits per heavy atom. The lowest BCUT2D eigenvalue weighted by Gasteiger charge is -2.10. The van der Waals surface area contributed by atoms with Crippen LogP contribution >= 0.6 is 0 Å². The number of rotatable bonds is 18.